The van der Waals surface area contributed by atoms with Gasteiger partial charge in [0, 0.05) is 25.9 Å². The van der Waals surface area contributed by atoms with E-state index in [0.29, 0.717) is 44.1 Å². The molecule has 0 bridgehead atoms. The minimum Gasteiger partial charge on any atom is -0.508 e. The van der Waals surface area contributed by atoms with Gasteiger partial charge in [0.1, 0.15) is 48.0 Å². The second kappa shape index (κ2) is 21.4. The second-order valence-corrected chi connectivity index (χ2v) is 17.8. The summed E-state index contributed by atoms with van der Waals surface area (Å²) in [5.74, 6) is -4.17. The van der Waals surface area contributed by atoms with E-state index in [9.17, 15) is 38.7 Å². The fourth-order valence-corrected chi connectivity index (χ4v) is 8.55. The van der Waals surface area contributed by atoms with Crippen LogP contribution in [0.15, 0.2) is 54.6 Å². The van der Waals surface area contributed by atoms with Crippen molar-refractivity contribution in [3.63, 3.8) is 0 Å². The summed E-state index contributed by atoms with van der Waals surface area (Å²) in [6.07, 6.45) is 2.89. The fourth-order valence-electron chi connectivity index (χ4n) is 8.55. The number of carbonyl (C=O) groups is 7. The molecule has 0 aromatic heterocycles. The predicted octanol–water partition coefficient (Wildman–Crippen LogP) is 2.74. The molecule has 3 fully saturated rings. The van der Waals surface area contributed by atoms with Gasteiger partial charge in [0.05, 0.1) is 0 Å². The number of benzene rings is 2. The van der Waals surface area contributed by atoms with Crippen molar-refractivity contribution in [3.8, 4) is 5.75 Å². The van der Waals surface area contributed by atoms with E-state index in [2.05, 4.69) is 26.6 Å². The normalized spacial score (nSPS) is 26.8. The average Bonchev–Trinajstić information content (AvgIpc) is 3.93. The number of nitrogens with one attached hydrogen (secondary N) is 5. The van der Waals surface area contributed by atoms with Crippen molar-refractivity contribution in [1.29, 1.82) is 0 Å². The smallest absolute Gasteiger partial charge is 0.245 e. The molecule has 0 saturated carbocycles. The molecule has 0 radical (unpaired) electrons. The van der Waals surface area contributed by atoms with E-state index in [0.717, 1.165) is 5.56 Å². The summed E-state index contributed by atoms with van der Waals surface area (Å²) >= 11 is 0. The second-order valence-electron chi connectivity index (χ2n) is 17.8. The van der Waals surface area contributed by atoms with Crippen LogP contribution in [-0.2, 0) is 46.4 Å². The zero-order valence-corrected chi connectivity index (χ0v) is 36.4. The van der Waals surface area contributed by atoms with Crippen LogP contribution in [0.2, 0.25) is 0 Å². The van der Waals surface area contributed by atoms with Gasteiger partial charge in [-0.3, -0.25) is 33.6 Å². The third-order valence-electron chi connectivity index (χ3n) is 12.0. The van der Waals surface area contributed by atoms with Crippen molar-refractivity contribution in [3.05, 3.63) is 65.7 Å². The third-order valence-corrected chi connectivity index (χ3v) is 12.0. The highest BCUT2D eigenvalue weighted by atomic mass is 16.3. The average molecular weight is 844 g/mol. The molecule has 0 spiro atoms. The molecule has 61 heavy (non-hydrogen) atoms. The Kier molecular flexibility index (Phi) is 16.3. The van der Waals surface area contributed by atoms with Gasteiger partial charge in [0.25, 0.3) is 0 Å². The Labute approximate surface area is 359 Å². The number of rotatable bonds is 10. The molecule has 3 aliphatic heterocycles. The molecule has 332 valence electrons. The lowest BCUT2D eigenvalue weighted by molar-refractivity contribution is -0.145. The van der Waals surface area contributed by atoms with E-state index in [1.807, 2.05) is 71.9 Å². The van der Waals surface area contributed by atoms with Crippen molar-refractivity contribution in [2.75, 3.05) is 13.1 Å². The van der Waals surface area contributed by atoms with E-state index >= 15 is 0 Å². The molecule has 0 aliphatic carbocycles. The highest BCUT2D eigenvalue weighted by molar-refractivity contribution is 5.99. The predicted molar refractivity (Wildman–Crippen MR) is 229 cm³/mol. The molecule has 3 aliphatic rings. The molecule has 15 nitrogen and oxygen atoms in total. The molecule has 3 heterocycles. The number of hydrogen-bond acceptors (Lipinski definition) is 8. The summed E-state index contributed by atoms with van der Waals surface area (Å²) in [6, 6.07) is 7.98. The van der Waals surface area contributed by atoms with Gasteiger partial charge in [-0.15, -0.1) is 0 Å². The zero-order chi connectivity index (χ0) is 44.4. The number of carbonyl (C=O) groups excluding carboxylic acids is 7. The molecule has 3 saturated heterocycles. The Balaban J connectivity index is 1.59. The summed E-state index contributed by atoms with van der Waals surface area (Å²) < 4.78 is 0. The summed E-state index contributed by atoms with van der Waals surface area (Å²) in [5.41, 5.74) is 1.35. The molecular formula is C46H65N7O8. The van der Waals surface area contributed by atoms with Crippen LogP contribution in [0.5, 0.6) is 5.75 Å². The molecule has 6 N–H and O–H groups in total. The van der Waals surface area contributed by atoms with Crippen LogP contribution < -0.4 is 26.6 Å². The van der Waals surface area contributed by atoms with Crippen molar-refractivity contribution < 1.29 is 38.7 Å². The lowest BCUT2D eigenvalue weighted by Crippen LogP contribution is -2.61. The first-order valence-electron chi connectivity index (χ1n) is 22.0. The number of nitrogens with zero attached hydrogens (tertiary/aromatic N) is 2. The van der Waals surface area contributed by atoms with Crippen LogP contribution in [0, 0.1) is 17.8 Å². The van der Waals surface area contributed by atoms with Gasteiger partial charge in [-0.1, -0.05) is 90.4 Å². The van der Waals surface area contributed by atoms with E-state index in [-0.39, 0.29) is 55.9 Å². The Morgan fingerprint density at radius 2 is 0.984 bits per heavy atom. The van der Waals surface area contributed by atoms with Crippen LogP contribution in [-0.4, -0.2) is 112 Å². The highest BCUT2D eigenvalue weighted by Crippen LogP contribution is 2.25. The summed E-state index contributed by atoms with van der Waals surface area (Å²) in [6.45, 7) is 12.0. The zero-order valence-electron chi connectivity index (χ0n) is 36.4. The largest absolute Gasteiger partial charge is 0.508 e. The van der Waals surface area contributed by atoms with Crippen molar-refractivity contribution in [2.24, 2.45) is 17.8 Å². The van der Waals surface area contributed by atoms with E-state index in [4.69, 9.17) is 0 Å². The minimum absolute atomic E-state index is 0.00120. The number of aromatic hydroxyl groups is 1. The number of phenolic OH excluding ortho intramolecular Hbond substituents is 1. The monoisotopic (exact) mass is 843 g/mol. The van der Waals surface area contributed by atoms with Gasteiger partial charge in [-0.05, 0) is 79.5 Å². The summed E-state index contributed by atoms with van der Waals surface area (Å²) in [5, 5.41) is 24.5. The van der Waals surface area contributed by atoms with Gasteiger partial charge in [0.15, 0.2) is 0 Å². The number of amides is 7. The maximum atomic E-state index is 14.5. The molecular weight excluding hydrogens is 779 g/mol. The SMILES string of the molecule is CCC(C)C1NC(=O)C2CCCN2C(=O)C(CC(C)C)NC(=O)C2CCCN2C(=O)C(CC(C)C)NC(=O)C(Cc2ccc(O)cc2)NC(=O)C(Cc2ccccc2)NC1=O. The number of phenols is 1. The van der Waals surface area contributed by atoms with Crippen LogP contribution >= 0.6 is 0 Å². The van der Waals surface area contributed by atoms with Crippen LogP contribution in [0.3, 0.4) is 0 Å². The Morgan fingerprint density at radius 3 is 1.46 bits per heavy atom. The summed E-state index contributed by atoms with van der Waals surface area (Å²) in [7, 11) is 0. The fraction of sp³-hybridized carbons (Fsp3) is 0.587. The van der Waals surface area contributed by atoms with E-state index < -0.39 is 83.6 Å². The van der Waals surface area contributed by atoms with Gasteiger partial charge < -0.3 is 41.5 Å². The maximum Gasteiger partial charge on any atom is 0.245 e. The first-order chi connectivity index (χ1) is 29.1. The number of fused-ring (bicyclic) bond motifs is 2. The molecule has 5 rings (SSSR count). The van der Waals surface area contributed by atoms with Gasteiger partial charge >= 0.3 is 0 Å². The Hall–Kier alpha value is -5.47. The topological polar surface area (TPSA) is 206 Å². The Bertz CT molecular complexity index is 1870. The number of hydrogen-bond donors (Lipinski definition) is 6. The maximum absolute atomic E-state index is 14.5. The summed E-state index contributed by atoms with van der Waals surface area (Å²) in [4.78, 5) is 103. The lowest BCUT2D eigenvalue weighted by Gasteiger charge is -2.33. The van der Waals surface area contributed by atoms with E-state index in [1.165, 1.54) is 21.9 Å². The van der Waals surface area contributed by atoms with Crippen molar-refractivity contribution >= 4 is 41.4 Å². The third kappa shape index (κ3) is 12.3. The van der Waals surface area contributed by atoms with Crippen molar-refractivity contribution in [1.82, 2.24) is 36.4 Å². The molecule has 15 heteroatoms. The van der Waals surface area contributed by atoms with Crippen LogP contribution in [0.25, 0.3) is 0 Å². The van der Waals surface area contributed by atoms with E-state index in [1.54, 1.807) is 12.1 Å². The molecule has 2 aromatic carbocycles. The van der Waals surface area contributed by atoms with Gasteiger partial charge in [-0.2, -0.15) is 0 Å². The Morgan fingerprint density at radius 1 is 0.557 bits per heavy atom. The molecule has 8 atom stereocenters. The first kappa shape index (κ1) is 46.6. The van der Waals surface area contributed by atoms with Gasteiger partial charge in [-0.25, -0.2) is 0 Å². The molecule has 2 aromatic rings. The quantitative estimate of drug-likeness (QED) is 0.209. The molecule has 7 amide bonds. The van der Waals surface area contributed by atoms with Gasteiger partial charge in [0.2, 0.25) is 41.4 Å². The standard InChI is InChI=1S/C46H65N7O8/c1-7-29(6)39-44(59)48-34(25-30-13-9-8-10-14-30)40(55)47-33(26-31-17-19-32(54)20-18-31)41(56)49-35(23-27(2)3)45(60)52-21-11-15-37(52)42(57)50-36(24-28(4)5)46(61)53-22-12-16-38(53)43(58)51-39/h8-10,13-14,17-20,27-29,33-39,54H,7,11-12,15-16,21-26H2,1-6H3,(H,47,55)(H,48,59)(H,49,56)(H,50,57)(H,51,58). The molecule has 8 unspecified atom stereocenters. The first-order valence-corrected chi connectivity index (χ1v) is 22.0. The van der Waals surface area contributed by atoms with Crippen molar-refractivity contribution in [2.45, 2.75) is 142 Å². The highest BCUT2D eigenvalue weighted by Gasteiger charge is 2.43. The van der Waals surface area contributed by atoms with Crippen LogP contribution in [0.1, 0.15) is 97.6 Å². The lowest BCUT2D eigenvalue weighted by atomic mass is 9.96. The minimum atomic E-state index is -1.23. The van der Waals surface area contributed by atoms with Crippen LogP contribution in [0.4, 0.5) is 0 Å².